The van der Waals surface area contributed by atoms with E-state index >= 15 is 0 Å². The highest BCUT2D eigenvalue weighted by atomic mass is 35.5. The third-order valence-electron chi connectivity index (χ3n) is 5.06. The summed E-state index contributed by atoms with van der Waals surface area (Å²) in [6.45, 7) is 0. The molecule has 3 heterocycles. The number of carbonyl (C=O) groups excluding carboxylic acids is 1. The molecule has 0 aliphatic carbocycles. The molecule has 0 spiro atoms. The van der Waals surface area contributed by atoms with Crippen molar-refractivity contribution in [2.45, 2.75) is 0 Å². The second-order valence-corrected chi connectivity index (χ2v) is 7.90. The minimum absolute atomic E-state index is 0.321. The van der Waals surface area contributed by atoms with E-state index in [4.69, 9.17) is 28.2 Å². The van der Waals surface area contributed by atoms with Gasteiger partial charge in [-0.1, -0.05) is 23.2 Å². The van der Waals surface area contributed by atoms with E-state index in [0.717, 1.165) is 11.1 Å². The SMILES string of the molecule is O=CN(c1ccc(Cl)c(Cl)c1)c1cc(-c2c(-c3ccc(F)cc3)nc3cccnn23)ccn1. The first kappa shape index (κ1) is 21.1. The van der Waals surface area contributed by atoms with Crippen molar-refractivity contribution in [3.63, 3.8) is 0 Å². The normalized spacial score (nSPS) is 11.0. The lowest BCUT2D eigenvalue weighted by Crippen LogP contribution is -2.15. The van der Waals surface area contributed by atoms with Crippen LogP contribution in [0.5, 0.6) is 0 Å². The Morgan fingerprint density at radius 3 is 2.48 bits per heavy atom. The van der Waals surface area contributed by atoms with Crippen LogP contribution in [0, 0.1) is 5.82 Å². The van der Waals surface area contributed by atoms with Gasteiger partial charge in [0, 0.05) is 23.5 Å². The molecule has 9 heteroatoms. The minimum atomic E-state index is -0.336. The number of imidazole rings is 1. The quantitative estimate of drug-likeness (QED) is 0.282. The van der Waals surface area contributed by atoms with Crippen LogP contribution in [-0.2, 0) is 4.79 Å². The third kappa shape index (κ3) is 3.92. The Labute approximate surface area is 197 Å². The molecule has 0 atom stereocenters. The van der Waals surface area contributed by atoms with Crippen LogP contribution < -0.4 is 4.90 Å². The number of anilines is 2. The lowest BCUT2D eigenvalue weighted by Gasteiger charge is -2.18. The number of hydrogen-bond donors (Lipinski definition) is 0. The molecule has 0 radical (unpaired) electrons. The molecule has 0 saturated carbocycles. The predicted molar refractivity (Wildman–Crippen MR) is 126 cm³/mol. The zero-order valence-corrected chi connectivity index (χ0v) is 18.4. The topological polar surface area (TPSA) is 63.4 Å². The number of pyridine rings is 1. The van der Waals surface area contributed by atoms with E-state index < -0.39 is 0 Å². The van der Waals surface area contributed by atoms with Gasteiger partial charge in [-0.2, -0.15) is 5.10 Å². The van der Waals surface area contributed by atoms with Crippen LogP contribution in [0.15, 0.2) is 79.1 Å². The highest BCUT2D eigenvalue weighted by molar-refractivity contribution is 6.42. The highest BCUT2D eigenvalue weighted by Gasteiger charge is 2.19. The van der Waals surface area contributed by atoms with E-state index in [0.29, 0.717) is 45.0 Å². The van der Waals surface area contributed by atoms with Crippen LogP contribution in [0.3, 0.4) is 0 Å². The molecular weight excluding hydrogens is 464 g/mol. The predicted octanol–water partition coefficient (Wildman–Crippen LogP) is 6.20. The maximum Gasteiger partial charge on any atom is 0.219 e. The Hall–Kier alpha value is -3.81. The van der Waals surface area contributed by atoms with Crippen LogP contribution in [0.4, 0.5) is 15.9 Å². The lowest BCUT2D eigenvalue weighted by atomic mass is 10.1. The Bertz CT molecular complexity index is 1490. The fraction of sp³-hybridized carbons (Fsp3) is 0. The van der Waals surface area contributed by atoms with Gasteiger partial charge in [0.2, 0.25) is 6.41 Å². The average Bonchev–Trinajstić information content (AvgIpc) is 3.22. The number of halogens is 3. The van der Waals surface area contributed by atoms with Crippen LogP contribution >= 0.6 is 23.2 Å². The first-order valence-electron chi connectivity index (χ1n) is 9.81. The van der Waals surface area contributed by atoms with Crippen LogP contribution in [0.25, 0.3) is 28.2 Å². The minimum Gasteiger partial charge on any atom is -0.278 e. The van der Waals surface area contributed by atoms with E-state index in [-0.39, 0.29) is 5.82 Å². The van der Waals surface area contributed by atoms with Crippen LogP contribution in [0.2, 0.25) is 10.0 Å². The monoisotopic (exact) mass is 477 g/mol. The number of rotatable bonds is 5. The zero-order chi connectivity index (χ0) is 22.9. The van der Waals surface area contributed by atoms with Gasteiger partial charge in [-0.25, -0.2) is 18.9 Å². The maximum absolute atomic E-state index is 13.5. The summed E-state index contributed by atoms with van der Waals surface area (Å²) in [5, 5.41) is 5.14. The van der Waals surface area contributed by atoms with Gasteiger partial charge in [0.25, 0.3) is 0 Å². The standard InChI is InChI=1S/C24H14Cl2FN5O/c25-19-8-7-18(13-20(19)26)31(14-33)22-12-16(9-11-28-22)24-23(15-3-5-17(27)6-4-15)30-21-2-1-10-29-32(21)24/h1-14H. The number of hydrogen-bond acceptors (Lipinski definition) is 4. The Morgan fingerprint density at radius 2 is 1.73 bits per heavy atom. The molecule has 162 valence electrons. The molecule has 0 N–H and O–H groups in total. The van der Waals surface area contributed by atoms with Crippen LogP contribution in [-0.4, -0.2) is 26.0 Å². The summed E-state index contributed by atoms with van der Waals surface area (Å²) in [5.74, 6) is 0.0356. The first-order chi connectivity index (χ1) is 16.0. The maximum atomic E-state index is 13.5. The Balaban J connectivity index is 1.67. The van der Waals surface area contributed by atoms with Gasteiger partial charge in [-0.15, -0.1) is 0 Å². The summed E-state index contributed by atoms with van der Waals surface area (Å²) in [5.41, 5.74) is 3.89. The number of benzene rings is 2. The summed E-state index contributed by atoms with van der Waals surface area (Å²) < 4.78 is 15.2. The average molecular weight is 478 g/mol. The summed E-state index contributed by atoms with van der Waals surface area (Å²) >= 11 is 12.2. The summed E-state index contributed by atoms with van der Waals surface area (Å²) in [6.07, 6.45) is 3.90. The van der Waals surface area contributed by atoms with E-state index in [1.807, 2.05) is 6.07 Å². The Kier molecular flexibility index (Phi) is 5.50. The van der Waals surface area contributed by atoms with Crippen molar-refractivity contribution >= 4 is 46.8 Å². The van der Waals surface area contributed by atoms with Crippen molar-refractivity contribution in [2.75, 3.05) is 4.90 Å². The summed E-state index contributed by atoms with van der Waals surface area (Å²) in [4.78, 5) is 22.4. The molecule has 5 aromatic rings. The lowest BCUT2D eigenvalue weighted by molar-refractivity contribution is -0.106. The van der Waals surface area contributed by atoms with Gasteiger partial charge < -0.3 is 0 Å². The van der Waals surface area contributed by atoms with Gasteiger partial charge in [0.15, 0.2) is 5.65 Å². The van der Waals surface area contributed by atoms with Gasteiger partial charge in [-0.05, 0) is 66.7 Å². The number of amides is 1. The second kappa shape index (κ2) is 8.61. The van der Waals surface area contributed by atoms with Crippen molar-refractivity contribution < 1.29 is 9.18 Å². The van der Waals surface area contributed by atoms with Crippen molar-refractivity contribution in [2.24, 2.45) is 0 Å². The largest absolute Gasteiger partial charge is 0.278 e. The molecule has 1 amide bonds. The Morgan fingerprint density at radius 1 is 0.909 bits per heavy atom. The molecule has 0 saturated heterocycles. The van der Waals surface area contributed by atoms with Crippen LogP contribution in [0.1, 0.15) is 0 Å². The number of aromatic nitrogens is 4. The van der Waals surface area contributed by atoms with Gasteiger partial charge >= 0.3 is 0 Å². The van der Waals surface area contributed by atoms with Crippen molar-refractivity contribution in [1.82, 2.24) is 19.6 Å². The van der Waals surface area contributed by atoms with Crippen molar-refractivity contribution in [1.29, 1.82) is 0 Å². The molecule has 0 fully saturated rings. The van der Waals surface area contributed by atoms with Crippen molar-refractivity contribution in [3.05, 3.63) is 95.0 Å². The molecule has 33 heavy (non-hydrogen) atoms. The number of fused-ring (bicyclic) bond motifs is 1. The fourth-order valence-corrected chi connectivity index (χ4v) is 3.83. The van der Waals surface area contributed by atoms with E-state index in [1.165, 1.54) is 17.0 Å². The molecule has 6 nitrogen and oxygen atoms in total. The molecule has 5 rings (SSSR count). The fourth-order valence-electron chi connectivity index (χ4n) is 3.54. The van der Waals surface area contributed by atoms with Gasteiger partial charge in [0.1, 0.15) is 17.3 Å². The molecule has 0 bridgehead atoms. The highest BCUT2D eigenvalue weighted by Crippen LogP contribution is 2.35. The van der Waals surface area contributed by atoms with E-state index in [9.17, 15) is 9.18 Å². The third-order valence-corrected chi connectivity index (χ3v) is 5.80. The molecule has 0 aliphatic heterocycles. The molecule has 0 unspecified atom stereocenters. The molecule has 0 aliphatic rings. The first-order valence-corrected chi connectivity index (χ1v) is 10.6. The number of nitrogens with zero attached hydrogens (tertiary/aromatic N) is 5. The zero-order valence-electron chi connectivity index (χ0n) is 16.9. The molecule has 2 aromatic carbocycles. The van der Waals surface area contributed by atoms with E-state index in [1.54, 1.807) is 65.4 Å². The second-order valence-electron chi connectivity index (χ2n) is 7.09. The molecule has 3 aromatic heterocycles. The number of carbonyl (C=O) groups is 1. The summed E-state index contributed by atoms with van der Waals surface area (Å²) in [6, 6.07) is 18.1. The van der Waals surface area contributed by atoms with Crippen molar-refractivity contribution in [3.8, 4) is 22.5 Å². The van der Waals surface area contributed by atoms with E-state index in [2.05, 4.69) is 10.1 Å². The van der Waals surface area contributed by atoms with Gasteiger partial charge in [-0.3, -0.25) is 9.69 Å². The van der Waals surface area contributed by atoms with Gasteiger partial charge in [0.05, 0.1) is 21.4 Å². The molecular formula is C24H14Cl2FN5O. The smallest absolute Gasteiger partial charge is 0.219 e. The summed E-state index contributed by atoms with van der Waals surface area (Å²) in [7, 11) is 0.